The van der Waals surface area contributed by atoms with Gasteiger partial charge in [-0.2, -0.15) is 5.10 Å². The number of benzene rings is 2. The molecule has 0 N–H and O–H groups in total. The molecule has 0 saturated carbocycles. The summed E-state index contributed by atoms with van der Waals surface area (Å²) in [5.41, 5.74) is 2.10. The summed E-state index contributed by atoms with van der Waals surface area (Å²) in [4.78, 5) is 30.3. The molecule has 0 atom stereocenters. The Bertz CT molecular complexity index is 1230. The minimum absolute atomic E-state index is 0.00635. The molecule has 0 aliphatic heterocycles. The van der Waals surface area contributed by atoms with Crippen LogP contribution >= 0.6 is 11.3 Å². The summed E-state index contributed by atoms with van der Waals surface area (Å²) < 4.78 is 15.7. The van der Waals surface area contributed by atoms with E-state index in [2.05, 4.69) is 10.1 Å². The summed E-state index contributed by atoms with van der Waals surface area (Å²) in [7, 11) is 0. The largest absolute Gasteiger partial charge is 0.352 e. The van der Waals surface area contributed by atoms with Crippen molar-refractivity contribution in [1.82, 2.24) is 19.3 Å². The molecule has 0 fully saturated rings. The van der Waals surface area contributed by atoms with Crippen molar-refractivity contribution in [2.75, 3.05) is 0 Å². The summed E-state index contributed by atoms with van der Waals surface area (Å²) in [5, 5.41) is 4.53. The van der Waals surface area contributed by atoms with Crippen LogP contribution in [0.25, 0.3) is 5.13 Å². The SMILES string of the molecule is Cc1nc(-n2cnn(Cc3ccc(F)cc3)c2=O)sc1C(=O)CCc1ccccc1. The van der Waals surface area contributed by atoms with Crippen LogP contribution < -0.4 is 5.69 Å². The molecule has 4 aromatic rings. The highest BCUT2D eigenvalue weighted by atomic mass is 32.1. The number of nitrogens with zero attached hydrogens (tertiary/aromatic N) is 4. The summed E-state index contributed by atoms with van der Waals surface area (Å²) in [6.45, 7) is 1.99. The van der Waals surface area contributed by atoms with Crippen molar-refractivity contribution in [3.05, 3.63) is 98.9 Å². The average molecular weight is 422 g/mol. The number of hydrogen-bond acceptors (Lipinski definition) is 5. The fourth-order valence-corrected chi connectivity index (χ4v) is 4.10. The Labute approximate surface area is 176 Å². The Morgan fingerprint density at radius 2 is 1.80 bits per heavy atom. The predicted molar refractivity (Wildman–Crippen MR) is 113 cm³/mol. The minimum Gasteiger partial charge on any atom is -0.293 e. The number of Topliss-reactive ketones (excluding diaryl/α,β-unsaturated/α-hetero) is 1. The maximum absolute atomic E-state index is 13.1. The van der Waals surface area contributed by atoms with Crippen LogP contribution in [0.2, 0.25) is 0 Å². The van der Waals surface area contributed by atoms with Crippen molar-refractivity contribution in [1.29, 1.82) is 0 Å². The van der Waals surface area contributed by atoms with E-state index in [0.29, 0.717) is 28.5 Å². The third kappa shape index (κ3) is 4.28. The molecule has 0 bridgehead atoms. The van der Waals surface area contributed by atoms with E-state index in [4.69, 9.17) is 0 Å². The van der Waals surface area contributed by atoms with Crippen molar-refractivity contribution in [2.24, 2.45) is 0 Å². The van der Waals surface area contributed by atoms with Crippen molar-refractivity contribution in [3.63, 3.8) is 0 Å². The summed E-state index contributed by atoms with van der Waals surface area (Å²) in [5.74, 6) is -0.328. The van der Waals surface area contributed by atoms with Crippen LogP contribution in [0.3, 0.4) is 0 Å². The van der Waals surface area contributed by atoms with Crippen LogP contribution in [0.4, 0.5) is 4.39 Å². The monoisotopic (exact) mass is 422 g/mol. The number of carbonyl (C=O) groups excluding carboxylic acids is 1. The first-order valence-corrected chi connectivity index (χ1v) is 10.3. The summed E-state index contributed by atoms with van der Waals surface area (Å²) in [6.07, 6.45) is 2.43. The van der Waals surface area contributed by atoms with Crippen molar-refractivity contribution >= 4 is 17.1 Å². The number of halogens is 1. The average Bonchev–Trinajstić information content (AvgIpc) is 3.31. The first-order chi connectivity index (χ1) is 14.5. The van der Waals surface area contributed by atoms with Gasteiger partial charge in [0, 0.05) is 6.42 Å². The van der Waals surface area contributed by atoms with Gasteiger partial charge in [-0.15, -0.1) is 0 Å². The van der Waals surface area contributed by atoms with Gasteiger partial charge >= 0.3 is 5.69 Å². The number of aromatic nitrogens is 4. The number of carbonyl (C=O) groups is 1. The summed E-state index contributed by atoms with van der Waals surface area (Å²) >= 11 is 1.19. The van der Waals surface area contributed by atoms with E-state index in [1.807, 2.05) is 30.3 Å². The van der Waals surface area contributed by atoms with E-state index in [1.54, 1.807) is 19.1 Å². The molecule has 6 nitrogen and oxygen atoms in total. The Morgan fingerprint density at radius 3 is 2.53 bits per heavy atom. The molecule has 0 spiro atoms. The lowest BCUT2D eigenvalue weighted by Gasteiger charge is -2.00. The smallest absolute Gasteiger partial charge is 0.293 e. The summed E-state index contributed by atoms with van der Waals surface area (Å²) in [6, 6.07) is 15.7. The van der Waals surface area contributed by atoms with Gasteiger partial charge in [0.2, 0.25) is 0 Å². The lowest BCUT2D eigenvalue weighted by Crippen LogP contribution is -2.24. The molecule has 0 amide bonds. The zero-order chi connectivity index (χ0) is 21.1. The zero-order valence-corrected chi connectivity index (χ0v) is 17.1. The topological polar surface area (TPSA) is 69.8 Å². The molecule has 8 heteroatoms. The molecule has 152 valence electrons. The fourth-order valence-electron chi connectivity index (χ4n) is 3.10. The molecule has 30 heavy (non-hydrogen) atoms. The number of aryl methyl sites for hydroxylation is 2. The minimum atomic E-state index is -0.364. The van der Waals surface area contributed by atoms with Crippen molar-refractivity contribution in [2.45, 2.75) is 26.3 Å². The second-order valence-corrected chi connectivity index (χ2v) is 7.86. The van der Waals surface area contributed by atoms with E-state index in [9.17, 15) is 14.0 Å². The lowest BCUT2D eigenvalue weighted by molar-refractivity contribution is 0.0986. The molecular weight excluding hydrogens is 403 g/mol. The lowest BCUT2D eigenvalue weighted by atomic mass is 10.1. The van der Waals surface area contributed by atoms with Gasteiger partial charge in [0.25, 0.3) is 0 Å². The normalized spacial score (nSPS) is 11.0. The van der Waals surface area contributed by atoms with E-state index in [-0.39, 0.29) is 23.8 Å². The van der Waals surface area contributed by atoms with Crippen LogP contribution in [0.1, 0.15) is 32.9 Å². The van der Waals surface area contributed by atoms with Gasteiger partial charge in [0.1, 0.15) is 12.1 Å². The number of thiazole rings is 1. The first-order valence-electron chi connectivity index (χ1n) is 9.45. The van der Waals surface area contributed by atoms with Gasteiger partial charge in [-0.25, -0.2) is 23.4 Å². The molecule has 4 rings (SSSR count). The van der Waals surface area contributed by atoms with E-state index >= 15 is 0 Å². The molecule has 0 aliphatic carbocycles. The standard InChI is InChI=1S/C22H19FN4O2S/c1-15-20(19(28)12-9-16-5-3-2-4-6-16)30-21(25-15)26-14-24-27(22(26)29)13-17-7-10-18(23)11-8-17/h2-8,10-11,14H,9,12-13H2,1H3. The van der Waals surface area contributed by atoms with E-state index in [1.165, 1.54) is 39.0 Å². The first kappa shape index (κ1) is 19.9. The Kier molecular flexibility index (Phi) is 5.67. The second-order valence-electron chi connectivity index (χ2n) is 6.89. The van der Waals surface area contributed by atoms with Gasteiger partial charge in [0.15, 0.2) is 10.9 Å². The van der Waals surface area contributed by atoms with Gasteiger partial charge in [-0.05, 0) is 36.6 Å². The third-order valence-corrected chi connectivity index (χ3v) is 5.90. The maximum atomic E-state index is 13.1. The molecule has 0 unspecified atom stereocenters. The van der Waals surface area contributed by atoms with E-state index < -0.39 is 0 Å². The Hall–Kier alpha value is -3.39. The van der Waals surface area contributed by atoms with E-state index in [0.717, 1.165) is 11.1 Å². The zero-order valence-electron chi connectivity index (χ0n) is 16.3. The molecule has 2 heterocycles. The molecule has 0 aliphatic rings. The van der Waals surface area contributed by atoms with Crippen LogP contribution in [-0.2, 0) is 13.0 Å². The highest BCUT2D eigenvalue weighted by molar-refractivity contribution is 7.16. The van der Waals surface area contributed by atoms with Gasteiger partial charge in [-0.3, -0.25) is 4.79 Å². The van der Waals surface area contributed by atoms with Gasteiger partial charge < -0.3 is 0 Å². The van der Waals surface area contributed by atoms with Crippen LogP contribution in [0.15, 0.2) is 65.7 Å². The fraction of sp³-hybridized carbons (Fsp3) is 0.182. The molecule has 2 aromatic heterocycles. The maximum Gasteiger partial charge on any atom is 0.352 e. The molecular formula is C22H19FN4O2S. The number of hydrogen-bond donors (Lipinski definition) is 0. The Balaban J connectivity index is 1.51. The number of ketones is 1. The molecule has 0 radical (unpaired) electrons. The highest BCUT2D eigenvalue weighted by Gasteiger charge is 2.18. The molecule has 2 aromatic carbocycles. The third-order valence-electron chi connectivity index (χ3n) is 4.71. The molecule has 0 saturated heterocycles. The quantitative estimate of drug-likeness (QED) is 0.425. The highest BCUT2D eigenvalue weighted by Crippen LogP contribution is 2.22. The second kappa shape index (κ2) is 8.54. The van der Waals surface area contributed by atoms with Crippen molar-refractivity contribution in [3.8, 4) is 5.13 Å². The van der Waals surface area contributed by atoms with Crippen molar-refractivity contribution < 1.29 is 9.18 Å². The van der Waals surface area contributed by atoms with Crippen LogP contribution in [-0.4, -0.2) is 25.1 Å². The van der Waals surface area contributed by atoms with Crippen LogP contribution in [0, 0.1) is 12.7 Å². The predicted octanol–water partition coefficient (Wildman–Crippen LogP) is 3.80. The Morgan fingerprint density at radius 1 is 1.07 bits per heavy atom. The van der Waals surface area contributed by atoms with Gasteiger partial charge in [-0.1, -0.05) is 53.8 Å². The van der Waals surface area contributed by atoms with Crippen LogP contribution in [0.5, 0.6) is 0 Å². The van der Waals surface area contributed by atoms with Gasteiger partial charge in [0.05, 0.1) is 17.1 Å². The number of rotatable bonds is 7.